The molecule has 1 aromatic heterocycles. The summed E-state index contributed by atoms with van der Waals surface area (Å²) in [4.78, 5) is 45.6. The summed E-state index contributed by atoms with van der Waals surface area (Å²) in [6, 6.07) is 2.60. The number of aliphatic hydroxyl groups excluding tert-OH is 2. The highest BCUT2D eigenvalue weighted by molar-refractivity contribution is 6.06. The van der Waals surface area contributed by atoms with Crippen LogP contribution in [0.15, 0.2) is 21.7 Å². The summed E-state index contributed by atoms with van der Waals surface area (Å²) in [5.74, 6) is -0.708. The molecule has 0 atom stereocenters. The number of aromatic amines is 1. The first-order chi connectivity index (χ1) is 16.9. The smallest absolute Gasteiger partial charge is 0.253 e. The van der Waals surface area contributed by atoms with Crippen LogP contribution in [0, 0.1) is 6.92 Å². The van der Waals surface area contributed by atoms with Crippen molar-refractivity contribution in [3.8, 4) is 5.75 Å². The molecule has 0 aliphatic heterocycles. The lowest BCUT2D eigenvalue weighted by Gasteiger charge is -2.11. The number of phenols is 1. The van der Waals surface area contributed by atoms with Crippen LogP contribution in [0.5, 0.6) is 5.75 Å². The van der Waals surface area contributed by atoms with Crippen molar-refractivity contribution < 1.29 is 20.1 Å². The number of H-pyrrole nitrogens is 1. The lowest BCUT2D eigenvalue weighted by molar-refractivity contribution is 0.0955. The average molecular weight is 487 g/mol. The van der Waals surface area contributed by atoms with E-state index in [4.69, 9.17) is 10.2 Å². The fourth-order valence-corrected chi connectivity index (χ4v) is 3.56. The van der Waals surface area contributed by atoms with Gasteiger partial charge in [0, 0.05) is 51.0 Å². The quantitative estimate of drug-likeness (QED) is 0.0995. The zero-order valence-corrected chi connectivity index (χ0v) is 19.4. The predicted octanol–water partition coefficient (Wildman–Crippen LogP) is -2.61. The summed E-state index contributed by atoms with van der Waals surface area (Å²) < 4.78 is 0. The second-order valence-corrected chi connectivity index (χ2v) is 7.81. The number of nitrogens with zero attached hydrogens (tertiary/aromatic N) is 1. The number of fused-ring (bicyclic) bond motifs is 2. The molecule has 0 aliphatic carbocycles. The van der Waals surface area contributed by atoms with Crippen LogP contribution in [0.2, 0.25) is 0 Å². The van der Waals surface area contributed by atoms with Crippen LogP contribution in [0.1, 0.15) is 15.9 Å². The first-order valence-corrected chi connectivity index (χ1v) is 11.3. The Labute approximate surface area is 200 Å². The molecule has 3 aromatic rings. The Hall–Kier alpha value is -3.58. The first-order valence-electron chi connectivity index (χ1n) is 11.3. The Kier molecular flexibility index (Phi) is 9.09. The number of carbonyl (C=O) groups is 1. The molecule has 2 aromatic carbocycles. The molecule has 0 radical (unpaired) electrons. The maximum Gasteiger partial charge on any atom is 0.253 e. The monoisotopic (exact) mass is 486 g/mol. The van der Waals surface area contributed by atoms with E-state index in [-0.39, 0.29) is 63.9 Å². The van der Waals surface area contributed by atoms with Gasteiger partial charge in [0.15, 0.2) is 0 Å². The molecule has 0 bridgehead atoms. The van der Waals surface area contributed by atoms with E-state index in [1.165, 1.54) is 25.3 Å². The van der Waals surface area contributed by atoms with Crippen LogP contribution < -0.4 is 37.3 Å². The lowest BCUT2D eigenvalue weighted by atomic mass is 10.1. The SMILES string of the molecule is Cc1c(O)c(=CNCCNCCO)c2nc3c(=O)ccc(C(=O)NCCNCCO)c3[nH]c2c1=O. The Morgan fingerprint density at radius 1 is 0.971 bits per heavy atom. The molecular weight excluding hydrogens is 456 g/mol. The number of nitrogens with one attached hydrogen (secondary N) is 5. The van der Waals surface area contributed by atoms with E-state index in [0.717, 1.165) is 0 Å². The molecule has 1 amide bonds. The number of hydrogen-bond donors (Lipinski definition) is 8. The summed E-state index contributed by atoms with van der Waals surface area (Å²) in [6.45, 7) is 4.09. The minimum absolute atomic E-state index is 0.0146. The minimum atomic E-state index is -0.496. The van der Waals surface area contributed by atoms with E-state index in [2.05, 4.69) is 31.2 Å². The summed E-state index contributed by atoms with van der Waals surface area (Å²) in [5, 5.41) is 40.2. The molecule has 0 saturated heterocycles. The molecule has 0 fully saturated rings. The van der Waals surface area contributed by atoms with Gasteiger partial charge in [-0.15, -0.1) is 0 Å². The summed E-state index contributed by atoms with van der Waals surface area (Å²) in [7, 11) is 0. The first kappa shape index (κ1) is 26.0. The van der Waals surface area contributed by atoms with Gasteiger partial charge in [0.2, 0.25) is 10.9 Å². The highest BCUT2D eigenvalue weighted by atomic mass is 16.3. The molecule has 0 aliphatic rings. The van der Waals surface area contributed by atoms with Gasteiger partial charge in [-0.3, -0.25) is 14.4 Å². The third kappa shape index (κ3) is 5.92. The normalized spacial score (nSPS) is 11.9. The topological polar surface area (TPSA) is 189 Å². The van der Waals surface area contributed by atoms with E-state index < -0.39 is 16.8 Å². The maximum absolute atomic E-state index is 12.9. The fraction of sp³-hybridized carbons (Fsp3) is 0.391. The molecule has 8 N–H and O–H groups in total. The van der Waals surface area contributed by atoms with Gasteiger partial charge < -0.3 is 41.6 Å². The second kappa shape index (κ2) is 12.2. The largest absolute Gasteiger partial charge is 0.507 e. The van der Waals surface area contributed by atoms with Gasteiger partial charge in [-0.05, 0) is 19.1 Å². The van der Waals surface area contributed by atoms with E-state index >= 15 is 0 Å². The van der Waals surface area contributed by atoms with Gasteiger partial charge in [0.25, 0.3) is 5.91 Å². The van der Waals surface area contributed by atoms with Gasteiger partial charge in [-0.1, -0.05) is 0 Å². The zero-order chi connectivity index (χ0) is 25.4. The third-order valence-electron chi connectivity index (χ3n) is 5.39. The summed E-state index contributed by atoms with van der Waals surface area (Å²) in [5.41, 5.74) is -0.442. The summed E-state index contributed by atoms with van der Waals surface area (Å²) in [6.07, 6.45) is 1.51. The van der Waals surface area contributed by atoms with Crippen molar-refractivity contribution in [1.82, 2.24) is 31.2 Å². The Balaban J connectivity index is 2.06. The number of rotatable bonds is 12. The third-order valence-corrected chi connectivity index (χ3v) is 5.39. The molecule has 1 heterocycles. The standard InChI is InChI=1S/C23H30N6O6/c1-13-21(33)15(12-26-5-4-24-8-10-30)18-20(22(13)34)29-17-14(2-3-16(32)19(17)28-18)23(35)27-7-6-25-9-11-31/h2-3,12,24-26,29-31,33H,4-11H2,1H3,(H,27,35). The Bertz CT molecular complexity index is 1370. The van der Waals surface area contributed by atoms with Crippen molar-refractivity contribution >= 4 is 34.2 Å². The second-order valence-electron chi connectivity index (χ2n) is 7.81. The molecule has 0 saturated carbocycles. The number of hydrogen-bond acceptors (Lipinski definition) is 10. The van der Waals surface area contributed by atoms with Crippen LogP contribution in [0.4, 0.5) is 0 Å². The molecule has 188 valence electrons. The molecular formula is C23H30N6O6. The van der Waals surface area contributed by atoms with Crippen LogP contribution in [-0.2, 0) is 0 Å². The number of phenolic OH excluding ortho intramolecular Hbond substituents is 1. The Morgan fingerprint density at radius 3 is 2.34 bits per heavy atom. The number of aliphatic hydroxyl groups is 2. The number of amides is 1. The molecule has 3 rings (SSSR count). The zero-order valence-electron chi connectivity index (χ0n) is 19.4. The van der Waals surface area contributed by atoms with Crippen LogP contribution in [-0.4, -0.2) is 83.7 Å². The molecule has 0 spiro atoms. The molecule has 12 heteroatoms. The van der Waals surface area contributed by atoms with Gasteiger partial charge >= 0.3 is 0 Å². The van der Waals surface area contributed by atoms with Crippen molar-refractivity contribution in [2.45, 2.75) is 6.92 Å². The lowest BCUT2D eigenvalue weighted by Crippen LogP contribution is -2.33. The molecule has 35 heavy (non-hydrogen) atoms. The van der Waals surface area contributed by atoms with Crippen LogP contribution in [0.3, 0.4) is 0 Å². The highest BCUT2D eigenvalue weighted by Crippen LogP contribution is 2.17. The van der Waals surface area contributed by atoms with Gasteiger partial charge in [0.1, 0.15) is 22.3 Å². The highest BCUT2D eigenvalue weighted by Gasteiger charge is 2.18. The van der Waals surface area contributed by atoms with E-state index in [1.54, 1.807) is 0 Å². The summed E-state index contributed by atoms with van der Waals surface area (Å²) >= 11 is 0. The molecule has 0 unspecified atom stereocenters. The van der Waals surface area contributed by atoms with Crippen molar-refractivity contribution in [2.75, 3.05) is 52.5 Å². The predicted molar refractivity (Wildman–Crippen MR) is 132 cm³/mol. The van der Waals surface area contributed by atoms with Crippen LogP contribution in [0.25, 0.3) is 28.3 Å². The minimum Gasteiger partial charge on any atom is -0.507 e. The maximum atomic E-state index is 12.9. The number of benzene rings is 2. The van der Waals surface area contributed by atoms with E-state index in [1.807, 2.05) is 0 Å². The van der Waals surface area contributed by atoms with Crippen LogP contribution >= 0.6 is 0 Å². The number of aromatic nitrogens is 2. The van der Waals surface area contributed by atoms with Crippen molar-refractivity contribution in [3.05, 3.63) is 48.9 Å². The van der Waals surface area contributed by atoms with Gasteiger partial charge in [-0.25, -0.2) is 4.98 Å². The van der Waals surface area contributed by atoms with Crippen molar-refractivity contribution in [3.63, 3.8) is 0 Å². The van der Waals surface area contributed by atoms with Gasteiger partial charge in [-0.2, -0.15) is 0 Å². The molecule has 12 nitrogen and oxygen atoms in total. The number of carbonyl (C=O) groups excluding carboxylic acids is 1. The average Bonchev–Trinajstić information content (AvgIpc) is 2.86. The fourth-order valence-electron chi connectivity index (χ4n) is 3.56. The number of aromatic hydroxyl groups is 1. The van der Waals surface area contributed by atoms with E-state index in [0.29, 0.717) is 32.7 Å². The Morgan fingerprint density at radius 2 is 1.66 bits per heavy atom. The van der Waals surface area contributed by atoms with Gasteiger partial charge in [0.05, 0.1) is 29.5 Å². The van der Waals surface area contributed by atoms with Crippen molar-refractivity contribution in [2.24, 2.45) is 0 Å². The van der Waals surface area contributed by atoms with E-state index in [9.17, 15) is 19.5 Å². The van der Waals surface area contributed by atoms with Crippen molar-refractivity contribution in [1.29, 1.82) is 0 Å².